The highest BCUT2D eigenvalue weighted by Gasteiger charge is 2.23. The SMILES string of the molecule is O=C(CCNc1ccc(Cl)cc1[N+](=O)[O-])NC1CC1. The van der Waals surface area contributed by atoms with Crippen molar-refractivity contribution in [2.75, 3.05) is 11.9 Å². The molecule has 1 aromatic rings. The Morgan fingerprint density at radius 3 is 2.84 bits per heavy atom. The van der Waals surface area contributed by atoms with Gasteiger partial charge < -0.3 is 10.6 Å². The molecular weight excluding hydrogens is 270 g/mol. The van der Waals surface area contributed by atoms with Crippen LogP contribution in [0.2, 0.25) is 5.02 Å². The van der Waals surface area contributed by atoms with E-state index < -0.39 is 4.92 Å². The quantitative estimate of drug-likeness (QED) is 0.620. The predicted molar refractivity (Wildman–Crippen MR) is 72.4 cm³/mol. The summed E-state index contributed by atoms with van der Waals surface area (Å²) in [4.78, 5) is 21.8. The lowest BCUT2D eigenvalue weighted by Gasteiger charge is -2.07. The minimum Gasteiger partial charge on any atom is -0.379 e. The van der Waals surface area contributed by atoms with Crippen molar-refractivity contribution in [2.24, 2.45) is 0 Å². The Labute approximate surface area is 115 Å². The zero-order valence-electron chi connectivity index (χ0n) is 10.2. The standard InChI is InChI=1S/C12H14ClN3O3/c13-8-1-4-10(11(7-8)16(18)19)14-6-5-12(17)15-9-2-3-9/h1,4,7,9,14H,2-3,5-6H2,(H,15,17). The smallest absolute Gasteiger partial charge is 0.293 e. The molecule has 1 saturated carbocycles. The van der Waals surface area contributed by atoms with E-state index in [0.29, 0.717) is 23.3 Å². The summed E-state index contributed by atoms with van der Waals surface area (Å²) in [5.74, 6) is -0.0355. The fraction of sp³-hybridized carbons (Fsp3) is 0.417. The molecule has 0 aromatic heterocycles. The topological polar surface area (TPSA) is 84.3 Å². The van der Waals surface area contributed by atoms with E-state index in [1.807, 2.05) is 0 Å². The summed E-state index contributed by atoms with van der Waals surface area (Å²) in [6.45, 7) is 0.348. The van der Waals surface area contributed by atoms with Gasteiger partial charge in [-0.05, 0) is 25.0 Å². The second-order valence-corrected chi connectivity index (χ2v) is 4.87. The Hall–Kier alpha value is -1.82. The first-order valence-corrected chi connectivity index (χ1v) is 6.41. The third kappa shape index (κ3) is 4.10. The van der Waals surface area contributed by atoms with Gasteiger partial charge in [0.05, 0.1) is 4.92 Å². The van der Waals surface area contributed by atoms with Crippen molar-refractivity contribution in [2.45, 2.75) is 25.3 Å². The van der Waals surface area contributed by atoms with Crippen molar-refractivity contribution in [3.63, 3.8) is 0 Å². The Kier molecular flexibility index (Phi) is 4.21. The van der Waals surface area contributed by atoms with Gasteiger partial charge in [-0.3, -0.25) is 14.9 Å². The summed E-state index contributed by atoms with van der Waals surface area (Å²) < 4.78 is 0. The number of nitro benzene ring substituents is 1. The van der Waals surface area contributed by atoms with E-state index in [0.717, 1.165) is 12.8 Å². The van der Waals surface area contributed by atoms with Gasteiger partial charge in [-0.25, -0.2) is 0 Å². The maximum atomic E-state index is 11.5. The molecule has 2 N–H and O–H groups in total. The largest absolute Gasteiger partial charge is 0.379 e. The average molecular weight is 284 g/mol. The molecule has 1 aliphatic carbocycles. The molecule has 0 aliphatic heterocycles. The Balaban J connectivity index is 1.87. The van der Waals surface area contributed by atoms with Crippen LogP contribution in [0.5, 0.6) is 0 Å². The van der Waals surface area contributed by atoms with Crippen LogP contribution >= 0.6 is 11.6 Å². The summed E-state index contributed by atoms with van der Waals surface area (Å²) in [5.41, 5.74) is 0.281. The number of halogens is 1. The number of nitrogens with zero attached hydrogens (tertiary/aromatic N) is 1. The lowest BCUT2D eigenvalue weighted by atomic mass is 10.2. The molecular formula is C12H14ClN3O3. The first-order valence-electron chi connectivity index (χ1n) is 6.03. The highest BCUT2D eigenvalue weighted by atomic mass is 35.5. The molecule has 1 aliphatic rings. The molecule has 0 saturated heterocycles. The molecule has 0 radical (unpaired) electrons. The van der Waals surface area contributed by atoms with E-state index in [9.17, 15) is 14.9 Å². The maximum absolute atomic E-state index is 11.5. The lowest BCUT2D eigenvalue weighted by Crippen LogP contribution is -2.27. The van der Waals surface area contributed by atoms with Crippen molar-refractivity contribution in [3.05, 3.63) is 33.3 Å². The zero-order valence-corrected chi connectivity index (χ0v) is 10.9. The van der Waals surface area contributed by atoms with Gasteiger partial charge in [-0.1, -0.05) is 11.6 Å². The highest BCUT2D eigenvalue weighted by molar-refractivity contribution is 6.30. The molecule has 1 aromatic carbocycles. The van der Waals surface area contributed by atoms with Gasteiger partial charge in [-0.2, -0.15) is 0 Å². The molecule has 1 amide bonds. The number of hydrogen-bond acceptors (Lipinski definition) is 4. The van der Waals surface area contributed by atoms with Crippen LogP contribution in [0.15, 0.2) is 18.2 Å². The van der Waals surface area contributed by atoms with E-state index in [2.05, 4.69) is 10.6 Å². The lowest BCUT2D eigenvalue weighted by molar-refractivity contribution is -0.383. The molecule has 0 atom stereocenters. The van der Waals surface area contributed by atoms with Crippen LogP contribution in [0, 0.1) is 10.1 Å². The molecule has 102 valence electrons. The first kappa shape index (κ1) is 13.6. The molecule has 19 heavy (non-hydrogen) atoms. The van der Waals surface area contributed by atoms with E-state index in [-0.39, 0.29) is 18.0 Å². The normalized spacial score (nSPS) is 13.9. The monoisotopic (exact) mass is 283 g/mol. The summed E-state index contributed by atoms with van der Waals surface area (Å²) in [6.07, 6.45) is 2.37. The summed E-state index contributed by atoms with van der Waals surface area (Å²) in [7, 11) is 0. The Bertz CT molecular complexity index is 503. The summed E-state index contributed by atoms with van der Waals surface area (Å²) in [6, 6.07) is 4.73. The average Bonchev–Trinajstić information content (AvgIpc) is 3.14. The van der Waals surface area contributed by atoms with Crippen molar-refractivity contribution < 1.29 is 9.72 Å². The van der Waals surface area contributed by atoms with Crippen molar-refractivity contribution >= 4 is 28.9 Å². The Morgan fingerprint density at radius 1 is 1.47 bits per heavy atom. The van der Waals surface area contributed by atoms with Crippen molar-refractivity contribution in [1.29, 1.82) is 0 Å². The molecule has 0 heterocycles. The van der Waals surface area contributed by atoms with Gasteiger partial charge >= 0.3 is 0 Å². The molecule has 0 spiro atoms. The number of benzene rings is 1. The number of rotatable bonds is 6. The molecule has 0 bridgehead atoms. The number of anilines is 1. The van der Waals surface area contributed by atoms with E-state index in [4.69, 9.17) is 11.6 Å². The molecule has 1 fully saturated rings. The number of carbonyl (C=O) groups is 1. The van der Waals surface area contributed by atoms with Gasteiger partial charge in [0.15, 0.2) is 0 Å². The second-order valence-electron chi connectivity index (χ2n) is 4.44. The Morgan fingerprint density at radius 2 is 2.21 bits per heavy atom. The zero-order chi connectivity index (χ0) is 13.8. The van der Waals surface area contributed by atoms with Crippen LogP contribution in [-0.2, 0) is 4.79 Å². The minimum absolute atomic E-state index is 0.0355. The fourth-order valence-electron chi connectivity index (χ4n) is 1.64. The summed E-state index contributed by atoms with van der Waals surface area (Å²) >= 11 is 5.71. The number of nitrogens with one attached hydrogen (secondary N) is 2. The highest BCUT2D eigenvalue weighted by Crippen LogP contribution is 2.27. The van der Waals surface area contributed by atoms with E-state index in [1.165, 1.54) is 6.07 Å². The van der Waals surface area contributed by atoms with Crippen LogP contribution in [0.25, 0.3) is 0 Å². The van der Waals surface area contributed by atoms with E-state index >= 15 is 0 Å². The number of amides is 1. The van der Waals surface area contributed by atoms with E-state index in [1.54, 1.807) is 12.1 Å². The van der Waals surface area contributed by atoms with Crippen molar-refractivity contribution in [3.8, 4) is 0 Å². The predicted octanol–water partition coefficient (Wildman–Crippen LogP) is 2.33. The maximum Gasteiger partial charge on any atom is 0.293 e. The minimum atomic E-state index is -0.502. The van der Waals surface area contributed by atoms with Crippen LogP contribution in [0.3, 0.4) is 0 Å². The van der Waals surface area contributed by atoms with Gasteiger partial charge in [0.25, 0.3) is 5.69 Å². The molecule has 7 heteroatoms. The number of nitro groups is 1. The van der Waals surface area contributed by atoms with Crippen LogP contribution < -0.4 is 10.6 Å². The molecule has 6 nitrogen and oxygen atoms in total. The first-order chi connectivity index (χ1) is 9.06. The third-order valence-electron chi connectivity index (χ3n) is 2.77. The van der Waals surface area contributed by atoms with Gasteiger partial charge in [-0.15, -0.1) is 0 Å². The second kappa shape index (κ2) is 5.88. The van der Waals surface area contributed by atoms with Crippen LogP contribution in [0.4, 0.5) is 11.4 Å². The molecule has 2 rings (SSSR count). The number of carbonyl (C=O) groups excluding carboxylic acids is 1. The number of hydrogen-bond donors (Lipinski definition) is 2. The summed E-state index contributed by atoms with van der Waals surface area (Å²) in [5, 5.41) is 16.9. The fourth-order valence-corrected chi connectivity index (χ4v) is 1.81. The third-order valence-corrected chi connectivity index (χ3v) is 3.00. The van der Waals surface area contributed by atoms with Gasteiger partial charge in [0, 0.05) is 30.1 Å². The van der Waals surface area contributed by atoms with Crippen molar-refractivity contribution in [1.82, 2.24) is 5.32 Å². The van der Waals surface area contributed by atoms with Crippen LogP contribution in [0.1, 0.15) is 19.3 Å². The van der Waals surface area contributed by atoms with Crippen LogP contribution in [-0.4, -0.2) is 23.4 Å². The molecule has 0 unspecified atom stereocenters. The van der Waals surface area contributed by atoms with Gasteiger partial charge in [0.2, 0.25) is 5.91 Å². The van der Waals surface area contributed by atoms with Gasteiger partial charge in [0.1, 0.15) is 5.69 Å².